The molecule has 5 rings (SSSR count). The monoisotopic (exact) mass is 409 g/mol. The summed E-state index contributed by atoms with van der Waals surface area (Å²) in [4.78, 5) is 17.2. The first-order valence-electron chi connectivity index (χ1n) is 7.88. The van der Waals surface area contributed by atoms with E-state index in [0.717, 1.165) is 26.7 Å². The van der Waals surface area contributed by atoms with E-state index >= 15 is 0 Å². The Labute approximate surface area is 157 Å². The molecule has 1 spiro atoms. The van der Waals surface area contributed by atoms with Crippen LogP contribution in [0.4, 0.5) is 0 Å². The van der Waals surface area contributed by atoms with Crippen LogP contribution in [0.2, 0.25) is 0 Å². The first-order valence-corrected chi connectivity index (χ1v) is 8.67. The molecule has 0 amide bonds. The molecule has 1 aromatic carbocycles. The van der Waals surface area contributed by atoms with E-state index in [1.807, 2.05) is 24.3 Å². The predicted molar refractivity (Wildman–Crippen MR) is 97.8 cm³/mol. The van der Waals surface area contributed by atoms with E-state index in [1.165, 1.54) is 6.33 Å². The zero-order valence-electron chi connectivity index (χ0n) is 13.4. The number of rotatable bonds is 1. The molecular weight excluding hydrogens is 398 g/mol. The first-order chi connectivity index (χ1) is 12.7. The zero-order valence-corrected chi connectivity index (χ0v) is 15.0. The number of ether oxygens (including phenoxy) is 2. The van der Waals surface area contributed by atoms with Crippen LogP contribution >= 0.6 is 15.9 Å². The highest BCUT2D eigenvalue weighted by Crippen LogP contribution is 2.51. The number of pyridine rings is 1. The molecule has 3 aromatic rings. The van der Waals surface area contributed by atoms with Gasteiger partial charge in [-0.25, -0.2) is 19.9 Å². The summed E-state index contributed by atoms with van der Waals surface area (Å²) < 4.78 is 12.4. The molecule has 26 heavy (non-hydrogen) atoms. The van der Waals surface area contributed by atoms with E-state index in [4.69, 9.17) is 15.2 Å². The maximum atomic E-state index is 6.02. The van der Waals surface area contributed by atoms with Gasteiger partial charge >= 0.3 is 0 Å². The SMILES string of the molecule is NC1=NC2(CO1)c1cc(-c3cncnc3)ccc1Oc1ncc(Br)cc12. The van der Waals surface area contributed by atoms with Crippen molar-refractivity contribution in [2.24, 2.45) is 10.7 Å². The number of halogens is 1. The highest BCUT2D eigenvalue weighted by Gasteiger charge is 2.47. The van der Waals surface area contributed by atoms with Crippen molar-refractivity contribution in [3.05, 3.63) is 64.8 Å². The lowest BCUT2D eigenvalue weighted by atomic mass is 9.81. The highest BCUT2D eigenvalue weighted by atomic mass is 79.9. The maximum Gasteiger partial charge on any atom is 0.283 e. The summed E-state index contributed by atoms with van der Waals surface area (Å²) in [5, 5.41) is 0. The van der Waals surface area contributed by atoms with E-state index in [0.29, 0.717) is 11.6 Å². The second-order valence-corrected chi connectivity index (χ2v) is 6.96. The molecule has 0 radical (unpaired) electrons. The van der Waals surface area contributed by atoms with E-state index in [9.17, 15) is 0 Å². The Morgan fingerprint density at radius 1 is 1.04 bits per heavy atom. The van der Waals surface area contributed by atoms with Crippen molar-refractivity contribution in [2.45, 2.75) is 5.54 Å². The van der Waals surface area contributed by atoms with Gasteiger partial charge in [0.05, 0.1) is 5.56 Å². The molecule has 8 heteroatoms. The van der Waals surface area contributed by atoms with Gasteiger partial charge in [-0.3, -0.25) is 0 Å². The second kappa shape index (κ2) is 5.50. The van der Waals surface area contributed by atoms with Crippen LogP contribution in [0.1, 0.15) is 11.1 Å². The predicted octanol–water partition coefficient (Wildman–Crippen LogP) is 3.00. The molecule has 2 aliphatic heterocycles. The quantitative estimate of drug-likeness (QED) is 0.663. The van der Waals surface area contributed by atoms with Gasteiger partial charge in [0.2, 0.25) is 5.88 Å². The van der Waals surface area contributed by atoms with Crippen LogP contribution in [0.3, 0.4) is 0 Å². The van der Waals surface area contributed by atoms with Gasteiger partial charge in [-0.2, -0.15) is 0 Å². The van der Waals surface area contributed by atoms with Gasteiger partial charge in [0.1, 0.15) is 18.7 Å². The fraction of sp³-hybridized carbons (Fsp3) is 0.111. The number of nitrogens with two attached hydrogens (primary N) is 1. The van der Waals surface area contributed by atoms with Gasteiger partial charge in [0.25, 0.3) is 6.02 Å². The lowest BCUT2D eigenvalue weighted by Gasteiger charge is -2.33. The van der Waals surface area contributed by atoms with E-state index in [1.54, 1.807) is 18.6 Å². The third kappa shape index (κ3) is 2.19. The second-order valence-electron chi connectivity index (χ2n) is 6.05. The smallest absolute Gasteiger partial charge is 0.283 e. The number of fused-ring (bicyclic) bond motifs is 4. The highest BCUT2D eigenvalue weighted by molar-refractivity contribution is 9.10. The van der Waals surface area contributed by atoms with Crippen molar-refractivity contribution in [1.29, 1.82) is 0 Å². The van der Waals surface area contributed by atoms with Crippen molar-refractivity contribution in [1.82, 2.24) is 15.0 Å². The van der Waals surface area contributed by atoms with Crippen LogP contribution in [0.5, 0.6) is 11.6 Å². The van der Waals surface area contributed by atoms with E-state index < -0.39 is 5.54 Å². The zero-order chi connectivity index (χ0) is 17.7. The van der Waals surface area contributed by atoms with Crippen molar-refractivity contribution in [3.63, 3.8) is 0 Å². The molecule has 128 valence electrons. The van der Waals surface area contributed by atoms with E-state index in [-0.39, 0.29) is 12.6 Å². The van der Waals surface area contributed by atoms with Crippen molar-refractivity contribution >= 4 is 22.0 Å². The van der Waals surface area contributed by atoms with Crippen molar-refractivity contribution < 1.29 is 9.47 Å². The standard InChI is InChI=1S/C18H12BrN5O2/c19-12-4-14-16(23-7-12)26-15-2-1-10(11-5-21-9-22-6-11)3-13(15)18(14)8-25-17(20)24-18/h1-7,9H,8H2,(H2,20,24). The van der Waals surface area contributed by atoms with Gasteiger partial charge < -0.3 is 15.2 Å². The number of amidine groups is 1. The van der Waals surface area contributed by atoms with E-state index in [2.05, 4.69) is 35.9 Å². The lowest BCUT2D eigenvalue weighted by molar-refractivity contribution is 0.262. The Morgan fingerprint density at radius 3 is 2.65 bits per heavy atom. The molecule has 2 N–H and O–H groups in total. The molecular formula is C18H12BrN5O2. The number of hydrogen-bond acceptors (Lipinski definition) is 7. The summed E-state index contributed by atoms with van der Waals surface area (Å²) in [6.07, 6.45) is 6.72. The first kappa shape index (κ1) is 15.3. The molecule has 2 aromatic heterocycles. The molecule has 1 unspecified atom stereocenters. The number of aromatic nitrogens is 3. The molecule has 4 heterocycles. The topological polar surface area (TPSA) is 95.5 Å². The summed E-state index contributed by atoms with van der Waals surface area (Å²) >= 11 is 3.47. The van der Waals surface area contributed by atoms with Crippen LogP contribution in [-0.2, 0) is 10.3 Å². The van der Waals surface area contributed by atoms with Gasteiger partial charge in [0, 0.05) is 34.2 Å². The molecule has 7 nitrogen and oxygen atoms in total. The molecule has 0 fully saturated rings. The maximum absolute atomic E-state index is 6.02. The third-order valence-corrected chi connectivity index (χ3v) is 4.95. The number of nitrogens with zero attached hydrogens (tertiary/aromatic N) is 4. The average molecular weight is 410 g/mol. The molecule has 0 saturated heterocycles. The van der Waals surface area contributed by atoms with Crippen LogP contribution in [0, 0.1) is 0 Å². The summed E-state index contributed by atoms with van der Waals surface area (Å²) in [6, 6.07) is 7.96. The van der Waals surface area contributed by atoms with Crippen LogP contribution < -0.4 is 10.5 Å². The normalized spacial score (nSPS) is 20.0. The Morgan fingerprint density at radius 2 is 1.88 bits per heavy atom. The summed E-state index contributed by atoms with van der Waals surface area (Å²) in [6.45, 7) is 0.287. The number of benzene rings is 1. The number of hydrogen-bond donors (Lipinski definition) is 1. The Kier molecular flexibility index (Phi) is 3.23. The fourth-order valence-electron chi connectivity index (χ4n) is 3.33. The van der Waals surface area contributed by atoms with Crippen molar-refractivity contribution in [2.75, 3.05) is 6.61 Å². The Hall–Kier alpha value is -3.00. The Bertz CT molecular complexity index is 1060. The minimum Gasteiger partial charge on any atom is -0.462 e. The fourth-order valence-corrected chi connectivity index (χ4v) is 3.66. The molecule has 0 aliphatic carbocycles. The Balaban J connectivity index is 1.76. The summed E-state index contributed by atoms with van der Waals surface area (Å²) in [5.41, 5.74) is 8.61. The van der Waals surface area contributed by atoms with Crippen molar-refractivity contribution in [3.8, 4) is 22.8 Å². The summed E-state index contributed by atoms with van der Waals surface area (Å²) in [5.74, 6) is 1.17. The minimum atomic E-state index is -0.796. The van der Waals surface area contributed by atoms with Crippen LogP contribution in [0.15, 0.2) is 58.6 Å². The van der Waals surface area contributed by atoms with Gasteiger partial charge in [-0.05, 0) is 39.7 Å². The van der Waals surface area contributed by atoms with Gasteiger partial charge in [-0.1, -0.05) is 6.07 Å². The largest absolute Gasteiger partial charge is 0.462 e. The molecule has 1 atom stereocenters. The average Bonchev–Trinajstić information content (AvgIpc) is 3.06. The minimum absolute atomic E-state index is 0.150. The lowest BCUT2D eigenvalue weighted by Crippen LogP contribution is -2.31. The molecule has 0 saturated carbocycles. The van der Waals surface area contributed by atoms with Gasteiger partial charge in [-0.15, -0.1) is 0 Å². The number of aliphatic imine (C=N–C) groups is 1. The van der Waals surface area contributed by atoms with Crippen LogP contribution in [-0.4, -0.2) is 27.6 Å². The summed E-state index contributed by atoms with van der Waals surface area (Å²) in [7, 11) is 0. The molecule has 0 bridgehead atoms. The molecule has 2 aliphatic rings. The van der Waals surface area contributed by atoms with Gasteiger partial charge in [0.15, 0.2) is 5.54 Å². The third-order valence-electron chi connectivity index (χ3n) is 4.52. The van der Waals surface area contributed by atoms with Crippen LogP contribution in [0.25, 0.3) is 11.1 Å².